The van der Waals surface area contributed by atoms with Crippen molar-refractivity contribution in [3.05, 3.63) is 48.5 Å². The number of carbonyl (C=O) groups is 2. The van der Waals surface area contributed by atoms with Crippen LogP contribution in [0.15, 0.2) is 48.5 Å². The van der Waals surface area contributed by atoms with Crippen LogP contribution in [0.25, 0.3) is 0 Å². The van der Waals surface area contributed by atoms with E-state index in [1.165, 1.54) is 0 Å². The fourth-order valence-electron chi connectivity index (χ4n) is 2.18. The van der Waals surface area contributed by atoms with Crippen LogP contribution in [-0.2, 0) is 14.3 Å². The van der Waals surface area contributed by atoms with Crippen molar-refractivity contribution in [2.24, 2.45) is 0 Å². The first-order chi connectivity index (χ1) is 14.1. The summed E-state index contributed by atoms with van der Waals surface area (Å²) >= 11 is 0. The van der Waals surface area contributed by atoms with Crippen LogP contribution in [0.1, 0.15) is 0 Å². The lowest BCUT2D eigenvalue weighted by molar-refractivity contribution is -0.140. The molecule has 0 saturated heterocycles. The van der Waals surface area contributed by atoms with E-state index < -0.39 is 25.2 Å². The second kappa shape index (κ2) is 12.1. The SMILES string of the molecule is O=C(O)COc1ccccc1OCCOCCOc1ccccc1OCC(=O)O. The van der Waals surface area contributed by atoms with Gasteiger partial charge >= 0.3 is 11.9 Å². The van der Waals surface area contributed by atoms with Crippen molar-refractivity contribution >= 4 is 11.9 Å². The number of carboxylic acids is 2. The van der Waals surface area contributed by atoms with Gasteiger partial charge in [0.1, 0.15) is 13.2 Å². The number of rotatable bonds is 14. The molecule has 156 valence electrons. The Balaban J connectivity index is 1.66. The standard InChI is InChI=1S/C20H22O9/c21-19(22)13-28-17-7-3-1-5-15(17)26-11-9-25-10-12-27-16-6-2-4-8-18(16)29-14-20(23)24/h1-8H,9-14H2,(H,21,22)(H,23,24). The molecular formula is C20H22O9. The minimum absolute atomic E-state index is 0.242. The molecule has 0 spiro atoms. The molecule has 0 heterocycles. The van der Waals surface area contributed by atoms with Crippen molar-refractivity contribution in [3.63, 3.8) is 0 Å². The van der Waals surface area contributed by atoms with Gasteiger partial charge in [-0.1, -0.05) is 24.3 Å². The highest BCUT2D eigenvalue weighted by Gasteiger charge is 2.08. The number of benzene rings is 2. The Labute approximate surface area is 167 Å². The Kier molecular flexibility index (Phi) is 9.10. The van der Waals surface area contributed by atoms with Gasteiger partial charge in [0.15, 0.2) is 36.2 Å². The number of carboxylic acid groups (broad SMARTS) is 2. The molecule has 0 saturated carbocycles. The topological polar surface area (TPSA) is 121 Å². The second-order valence-electron chi connectivity index (χ2n) is 5.57. The number of aliphatic carboxylic acids is 2. The lowest BCUT2D eigenvalue weighted by Crippen LogP contribution is -2.14. The maximum Gasteiger partial charge on any atom is 0.341 e. The van der Waals surface area contributed by atoms with Gasteiger partial charge in [-0.2, -0.15) is 0 Å². The molecule has 0 unspecified atom stereocenters. The average Bonchev–Trinajstić information content (AvgIpc) is 2.71. The van der Waals surface area contributed by atoms with Crippen LogP contribution in [-0.4, -0.2) is 61.8 Å². The number of hydrogen-bond donors (Lipinski definition) is 2. The monoisotopic (exact) mass is 406 g/mol. The summed E-state index contributed by atoms with van der Waals surface area (Å²) in [6.45, 7) is 0.150. The molecule has 0 fully saturated rings. The van der Waals surface area contributed by atoms with E-state index in [2.05, 4.69) is 0 Å². The number of para-hydroxylation sites is 4. The summed E-state index contributed by atoms with van der Waals surface area (Å²) in [6.07, 6.45) is 0. The first-order valence-corrected chi connectivity index (χ1v) is 8.77. The van der Waals surface area contributed by atoms with Gasteiger partial charge < -0.3 is 33.9 Å². The van der Waals surface area contributed by atoms with Crippen LogP contribution in [0, 0.1) is 0 Å². The summed E-state index contributed by atoms with van der Waals surface area (Å²) in [4.78, 5) is 21.2. The molecule has 2 rings (SSSR count). The zero-order valence-corrected chi connectivity index (χ0v) is 15.6. The summed E-state index contributed by atoms with van der Waals surface area (Å²) in [5.41, 5.74) is 0. The highest BCUT2D eigenvalue weighted by atomic mass is 16.6. The van der Waals surface area contributed by atoms with Gasteiger partial charge in [0.25, 0.3) is 0 Å². The van der Waals surface area contributed by atoms with E-state index in [9.17, 15) is 9.59 Å². The molecule has 2 aromatic rings. The van der Waals surface area contributed by atoms with Crippen LogP contribution in [0.5, 0.6) is 23.0 Å². The molecule has 0 aliphatic rings. The quantitative estimate of drug-likeness (QED) is 0.454. The first-order valence-electron chi connectivity index (χ1n) is 8.77. The van der Waals surface area contributed by atoms with Crippen LogP contribution >= 0.6 is 0 Å². The Morgan fingerprint density at radius 2 is 0.931 bits per heavy atom. The van der Waals surface area contributed by atoms with Crippen LogP contribution in [0.3, 0.4) is 0 Å². The minimum Gasteiger partial charge on any atom is -0.487 e. The maximum absolute atomic E-state index is 10.6. The van der Waals surface area contributed by atoms with E-state index in [1.54, 1.807) is 48.5 Å². The Bertz CT molecular complexity index is 726. The summed E-state index contributed by atoms with van der Waals surface area (Å²) in [6, 6.07) is 13.5. The number of hydrogen-bond acceptors (Lipinski definition) is 7. The normalized spacial score (nSPS) is 10.2. The minimum atomic E-state index is -1.07. The maximum atomic E-state index is 10.6. The molecule has 0 radical (unpaired) electrons. The smallest absolute Gasteiger partial charge is 0.341 e. The van der Waals surface area contributed by atoms with E-state index in [-0.39, 0.29) is 26.4 Å². The van der Waals surface area contributed by atoms with Gasteiger partial charge in [-0.15, -0.1) is 0 Å². The summed E-state index contributed by atoms with van der Waals surface area (Å²) < 4.78 is 26.8. The van der Waals surface area contributed by atoms with Gasteiger partial charge in [-0.25, -0.2) is 9.59 Å². The lowest BCUT2D eigenvalue weighted by Gasteiger charge is -2.13. The van der Waals surface area contributed by atoms with Gasteiger partial charge in [0.05, 0.1) is 13.2 Å². The molecular weight excluding hydrogens is 384 g/mol. The molecule has 0 amide bonds. The van der Waals surface area contributed by atoms with E-state index in [1.807, 2.05) is 0 Å². The predicted octanol–water partition coefficient (Wildman–Crippen LogP) is 2.09. The molecule has 0 aromatic heterocycles. The van der Waals surface area contributed by atoms with E-state index >= 15 is 0 Å². The Morgan fingerprint density at radius 1 is 0.586 bits per heavy atom. The van der Waals surface area contributed by atoms with Crippen LogP contribution < -0.4 is 18.9 Å². The van der Waals surface area contributed by atoms with Crippen molar-refractivity contribution in [3.8, 4) is 23.0 Å². The zero-order chi connectivity index (χ0) is 20.9. The van der Waals surface area contributed by atoms with Crippen molar-refractivity contribution in [1.82, 2.24) is 0 Å². The van der Waals surface area contributed by atoms with Crippen molar-refractivity contribution in [1.29, 1.82) is 0 Å². The Morgan fingerprint density at radius 3 is 1.28 bits per heavy atom. The molecule has 0 atom stereocenters. The van der Waals surface area contributed by atoms with E-state index in [0.29, 0.717) is 23.0 Å². The highest BCUT2D eigenvalue weighted by Crippen LogP contribution is 2.27. The summed E-state index contributed by atoms with van der Waals surface area (Å²) in [7, 11) is 0. The van der Waals surface area contributed by atoms with Gasteiger partial charge in [-0.05, 0) is 24.3 Å². The van der Waals surface area contributed by atoms with E-state index in [4.69, 9.17) is 33.9 Å². The third kappa shape index (κ3) is 8.39. The van der Waals surface area contributed by atoms with Gasteiger partial charge in [0, 0.05) is 0 Å². The average molecular weight is 406 g/mol. The third-order valence-electron chi connectivity index (χ3n) is 3.37. The van der Waals surface area contributed by atoms with Gasteiger partial charge in [-0.3, -0.25) is 0 Å². The summed E-state index contributed by atoms with van der Waals surface area (Å²) in [5.74, 6) is -0.597. The summed E-state index contributed by atoms with van der Waals surface area (Å²) in [5, 5.41) is 17.4. The molecule has 0 aliphatic heterocycles. The van der Waals surface area contributed by atoms with Crippen LogP contribution in [0.2, 0.25) is 0 Å². The molecule has 9 nitrogen and oxygen atoms in total. The molecule has 9 heteroatoms. The second-order valence-corrected chi connectivity index (χ2v) is 5.57. The molecule has 29 heavy (non-hydrogen) atoms. The fourth-order valence-corrected chi connectivity index (χ4v) is 2.18. The fraction of sp³-hybridized carbons (Fsp3) is 0.300. The Hall–Kier alpha value is -3.46. The third-order valence-corrected chi connectivity index (χ3v) is 3.37. The van der Waals surface area contributed by atoms with E-state index in [0.717, 1.165) is 0 Å². The highest BCUT2D eigenvalue weighted by molar-refractivity contribution is 5.69. The largest absolute Gasteiger partial charge is 0.487 e. The van der Waals surface area contributed by atoms with Crippen molar-refractivity contribution in [2.75, 3.05) is 39.6 Å². The number of ether oxygens (including phenoxy) is 5. The first kappa shape index (κ1) is 21.8. The molecule has 2 N–H and O–H groups in total. The van der Waals surface area contributed by atoms with Crippen molar-refractivity contribution < 1.29 is 43.5 Å². The van der Waals surface area contributed by atoms with Crippen LogP contribution in [0.4, 0.5) is 0 Å². The predicted molar refractivity (Wildman–Crippen MR) is 101 cm³/mol. The molecule has 0 bridgehead atoms. The molecule has 0 aliphatic carbocycles. The molecule has 2 aromatic carbocycles. The zero-order valence-electron chi connectivity index (χ0n) is 15.6. The van der Waals surface area contributed by atoms with Gasteiger partial charge in [0.2, 0.25) is 0 Å². The van der Waals surface area contributed by atoms with Crippen molar-refractivity contribution in [2.45, 2.75) is 0 Å². The lowest BCUT2D eigenvalue weighted by atomic mass is 10.3.